The highest BCUT2D eigenvalue weighted by molar-refractivity contribution is 6.33. The van der Waals surface area contributed by atoms with Gasteiger partial charge in [-0.25, -0.2) is 4.39 Å². The number of aliphatic imine (C=N–C) groups is 1. The number of pyridine rings is 1. The molecule has 0 saturated heterocycles. The fourth-order valence-electron chi connectivity index (χ4n) is 2.66. The van der Waals surface area contributed by atoms with Gasteiger partial charge >= 0.3 is 0 Å². The molecular weight excluding hydrogens is 343 g/mol. The van der Waals surface area contributed by atoms with Crippen LogP contribution in [0.2, 0.25) is 5.02 Å². The summed E-state index contributed by atoms with van der Waals surface area (Å²) >= 11 is 6.23. The molecule has 0 spiro atoms. The molecule has 3 aromatic rings. The maximum absolute atomic E-state index is 13.4. The Hall–Kier alpha value is -2.99. The Bertz CT molecular complexity index is 1030. The molecular formula is C18H14ClFN4O. The number of nitrogens with zero attached hydrogens (tertiary/aromatic N) is 2. The second-order valence-corrected chi connectivity index (χ2v) is 5.92. The number of rotatable bonds is 2. The van der Waals surface area contributed by atoms with Crippen LogP contribution in [0, 0.1) is 12.7 Å². The zero-order valence-corrected chi connectivity index (χ0v) is 14.0. The highest BCUT2D eigenvalue weighted by Crippen LogP contribution is 2.36. The number of aromatic nitrogens is 1. The van der Waals surface area contributed by atoms with E-state index in [0.29, 0.717) is 22.0 Å². The first-order valence-corrected chi connectivity index (χ1v) is 7.73. The van der Waals surface area contributed by atoms with Crippen LogP contribution in [0.4, 0.5) is 4.39 Å². The summed E-state index contributed by atoms with van der Waals surface area (Å²) in [7, 11) is 0. The van der Waals surface area contributed by atoms with Crippen molar-refractivity contribution < 1.29 is 9.18 Å². The predicted molar refractivity (Wildman–Crippen MR) is 97.0 cm³/mol. The van der Waals surface area contributed by atoms with E-state index in [0.717, 1.165) is 11.1 Å². The number of guanidine groups is 1. The Kier molecular flexibility index (Phi) is 4.37. The number of carbonyl (C=O) groups is 1. The summed E-state index contributed by atoms with van der Waals surface area (Å²) in [5.41, 5.74) is 13.8. The van der Waals surface area contributed by atoms with Gasteiger partial charge in [0.2, 0.25) is 0 Å². The predicted octanol–water partition coefficient (Wildman–Crippen LogP) is 3.42. The van der Waals surface area contributed by atoms with E-state index >= 15 is 0 Å². The van der Waals surface area contributed by atoms with E-state index in [9.17, 15) is 9.18 Å². The minimum atomic E-state index is -0.556. The zero-order chi connectivity index (χ0) is 18.1. The van der Waals surface area contributed by atoms with E-state index in [1.807, 2.05) is 6.92 Å². The fraction of sp³-hybridized carbons (Fsp3) is 0.0556. The molecule has 1 aromatic heterocycles. The Morgan fingerprint density at radius 1 is 1.20 bits per heavy atom. The molecule has 0 aliphatic carbocycles. The van der Waals surface area contributed by atoms with Crippen molar-refractivity contribution in [1.82, 2.24) is 4.98 Å². The van der Waals surface area contributed by atoms with Crippen LogP contribution in [-0.2, 0) is 0 Å². The monoisotopic (exact) mass is 356 g/mol. The number of carbonyl (C=O) groups excluding carboxylic acids is 1. The first-order valence-electron chi connectivity index (χ1n) is 7.35. The summed E-state index contributed by atoms with van der Waals surface area (Å²) in [6, 6.07) is 9.13. The molecule has 7 heteroatoms. The van der Waals surface area contributed by atoms with E-state index in [-0.39, 0.29) is 11.0 Å². The number of benzene rings is 2. The third kappa shape index (κ3) is 3.29. The van der Waals surface area contributed by atoms with Gasteiger partial charge < -0.3 is 11.5 Å². The molecule has 25 heavy (non-hydrogen) atoms. The van der Waals surface area contributed by atoms with E-state index in [2.05, 4.69) is 9.98 Å². The molecule has 4 N–H and O–H groups in total. The normalized spacial score (nSPS) is 10.7. The van der Waals surface area contributed by atoms with Crippen molar-refractivity contribution in [3.63, 3.8) is 0 Å². The molecule has 0 saturated carbocycles. The number of hydrogen-bond acceptors (Lipinski definition) is 2. The average Bonchev–Trinajstić information content (AvgIpc) is 2.54. The number of nitrogens with two attached hydrogens (primary N) is 2. The SMILES string of the molecule is Cc1cnc2ccc(C(=O)N=C(N)N)cc2c1-c1ccc(F)cc1Cl. The molecule has 1 heterocycles. The number of halogens is 2. The van der Waals surface area contributed by atoms with Crippen LogP contribution >= 0.6 is 11.6 Å². The van der Waals surface area contributed by atoms with Gasteiger partial charge in [0.05, 0.1) is 10.5 Å². The molecule has 0 aliphatic heterocycles. The minimum Gasteiger partial charge on any atom is -0.370 e. The number of amides is 1. The van der Waals surface area contributed by atoms with Gasteiger partial charge in [0.1, 0.15) is 5.82 Å². The number of hydrogen-bond donors (Lipinski definition) is 2. The van der Waals surface area contributed by atoms with Crippen LogP contribution in [0.5, 0.6) is 0 Å². The summed E-state index contributed by atoms with van der Waals surface area (Å²) < 4.78 is 13.4. The van der Waals surface area contributed by atoms with Gasteiger partial charge in [0.25, 0.3) is 5.91 Å². The highest BCUT2D eigenvalue weighted by atomic mass is 35.5. The van der Waals surface area contributed by atoms with E-state index in [1.165, 1.54) is 12.1 Å². The summed E-state index contributed by atoms with van der Waals surface area (Å²) in [5.74, 6) is -1.29. The standard InChI is InChI=1S/C18H14ClFN4O/c1-9-8-23-15-5-2-10(17(25)24-18(21)22)6-13(15)16(9)12-4-3-11(20)7-14(12)19/h2-8H,1H3,(H4,21,22,24,25). The highest BCUT2D eigenvalue weighted by Gasteiger charge is 2.14. The Morgan fingerprint density at radius 3 is 2.64 bits per heavy atom. The summed E-state index contributed by atoms with van der Waals surface area (Å²) in [6.07, 6.45) is 1.70. The third-order valence-corrected chi connectivity index (χ3v) is 4.05. The van der Waals surface area contributed by atoms with Crippen molar-refractivity contribution in [2.75, 3.05) is 0 Å². The lowest BCUT2D eigenvalue weighted by molar-refractivity contribution is 0.100. The van der Waals surface area contributed by atoms with Gasteiger partial charge in [-0.15, -0.1) is 0 Å². The summed E-state index contributed by atoms with van der Waals surface area (Å²) in [6.45, 7) is 1.87. The average molecular weight is 357 g/mol. The molecule has 126 valence electrons. The summed E-state index contributed by atoms with van der Waals surface area (Å²) in [4.78, 5) is 20.0. The molecule has 5 nitrogen and oxygen atoms in total. The van der Waals surface area contributed by atoms with Crippen molar-refractivity contribution in [2.24, 2.45) is 16.5 Å². The molecule has 3 rings (SSSR count). The fourth-order valence-corrected chi connectivity index (χ4v) is 2.92. The molecule has 0 atom stereocenters. The van der Waals surface area contributed by atoms with Crippen LogP contribution in [0.15, 0.2) is 47.6 Å². The van der Waals surface area contributed by atoms with Gasteiger partial charge in [-0.1, -0.05) is 11.6 Å². The van der Waals surface area contributed by atoms with E-state index in [4.69, 9.17) is 23.1 Å². The minimum absolute atomic E-state index is 0.275. The molecule has 0 bridgehead atoms. The van der Waals surface area contributed by atoms with Gasteiger partial charge in [-0.2, -0.15) is 4.99 Å². The largest absolute Gasteiger partial charge is 0.370 e. The maximum atomic E-state index is 13.4. The lowest BCUT2D eigenvalue weighted by Gasteiger charge is -2.12. The maximum Gasteiger partial charge on any atom is 0.280 e. The number of fused-ring (bicyclic) bond motifs is 1. The van der Waals surface area contributed by atoms with E-state index < -0.39 is 11.7 Å². The van der Waals surface area contributed by atoms with Crippen molar-refractivity contribution in [3.05, 3.63) is 64.6 Å². The second-order valence-electron chi connectivity index (χ2n) is 5.51. The van der Waals surface area contributed by atoms with Crippen LogP contribution in [0.1, 0.15) is 15.9 Å². The quantitative estimate of drug-likeness (QED) is 0.543. The van der Waals surface area contributed by atoms with Gasteiger partial charge in [-0.3, -0.25) is 9.78 Å². The smallest absolute Gasteiger partial charge is 0.280 e. The van der Waals surface area contributed by atoms with Crippen molar-refractivity contribution in [2.45, 2.75) is 6.92 Å². The Labute approximate surface area is 148 Å². The van der Waals surface area contributed by atoms with Crippen molar-refractivity contribution in [1.29, 1.82) is 0 Å². The van der Waals surface area contributed by atoms with Gasteiger partial charge in [-0.05, 0) is 54.4 Å². The van der Waals surface area contributed by atoms with Crippen molar-refractivity contribution in [3.8, 4) is 11.1 Å². The van der Waals surface area contributed by atoms with Crippen LogP contribution in [0.25, 0.3) is 22.0 Å². The first kappa shape index (κ1) is 16.9. The van der Waals surface area contributed by atoms with Crippen LogP contribution < -0.4 is 11.5 Å². The molecule has 1 amide bonds. The van der Waals surface area contributed by atoms with Gasteiger partial charge in [0, 0.05) is 22.7 Å². The Balaban J connectivity index is 2.28. The first-order chi connectivity index (χ1) is 11.9. The third-order valence-electron chi connectivity index (χ3n) is 3.74. The van der Waals surface area contributed by atoms with Crippen LogP contribution in [0.3, 0.4) is 0 Å². The van der Waals surface area contributed by atoms with Crippen molar-refractivity contribution >= 4 is 34.4 Å². The van der Waals surface area contributed by atoms with Gasteiger partial charge in [0.15, 0.2) is 5.96 Å². The zero-order valence-electron chi connectivity index (χ0n) is 13.3. The Morgan fingerprint density at radius 2 is 1.96 bits per heavy atom. The molecule has 0 unspecified atom stereocenters. The molecule has 2 aromatic carbocycles. The number of aryl methyl sites for hydroxylation is 1. The van der Waals surface area contributed by atoms with Crippen LogP contribution in [-0.4, -0.2) is 16.9 Å². The lowest BCUT2D eigenvalue weighted by Crippen LogP contribution is -2.24. The molecule has 0 aliphatic rings. The lowest BCUT2D eigenvalue weighted by atomic mass is 9.96. The second kappa shape index (κ2) is 6.49. The molecule has 0 fully saturated rings. The topological polar surface area (TPSA) is 94.4 Å². The molecule has 0 radical (unpaired) electrons. The summed E-state index contributed by atoms with van der Waals surface area (Å²) in [5, 5.41) is 0.974. The van der Waals surface area contributed by atoms with E-state index in [1.54, 1.807) is 30.5 Å².